The SMILES string of the molecule is OOBc1ccc(F)nc1. The number of rotatable bonds is 2. The molecule has 5 heteroatoms. The van der Waals surface area contributed by atoms with Crippen LogP contribution in [-0.2, 0) is 4.81 Å². The Morgan fingerprint density at radius 3 is 2.90 bits per heavy atom. The monoisotopic (exact) mass is 141 g/mol. The number of nitrogens with zero attached hydrogens (tertiary/aromatic N) is 1. The summed E-state index contributed by atoms with van der Waals surface area (Å²) in [6.45, 7) is 0. The largest absolute Gasteiger partial charge is 0.357 e. The zero-order chi connectivity index (χ0) is 7.40. The first-order valence-electron chi connectivity index (χ1n) is 2.69. The fourth-order valence-corrected chi connectivity index (χ4v) is 0.566. The number of aromatic nitrogens is 1. The Kier molecular flexibility index (Phi) is 2.36. The summed E-state index contributed by atoms with van der Waals surface area (Å²) >= 11 is 0. The summed E-state index contributed by atoms with van der Waals surface area (Å²) in [4.78, 5) is 7.15. The highest BCUT2D eigenvalue weighted by Crippen LogP contribution is 1.85. The highest BCUT2D eigenvalue weighted by molar-refractivity contribution is 6.46. The van der Waals surface area contributed by atoms with Gasteiger partial charge in [0, 0.05) is 6.20 Å². The molecule has 0 atom stereocenters. The molecule has 0 saturated heterocycles. The maximum absolute atomic E-state index is 12.1. The summed E-state index contributed by atoms with van der Waals surface area (Å²) in [5.41, 5.74) is 0.629. The van der Waals surface area contributed by atoms with Gasteiger partial charge < -0.3 is 4.81 Å². The second-order valence-electron chi connectivity index (χ2n) is 1.76. The van der Waals surface area contributed by atoms with Gasteiger partial charge in [-0.1, -0.05) is 6.07 Å². The third-order valence-electron chi connectivity index (χ3n) is 1.02. The van der Waals surface area contributed by atoms with Gasteiger partial charge in [-0.25, -0.2) is 4.98 Å². The van der Waals surface area contributed by atoms with Gasteiger partial charge in [0.1, 0.15) is 0 Å². The van der Waals surface area contributed by atoms with Crippen LogP contribution in [0.4, 0.5) is 4.39 Å². The van der Waals surface area contributed by atoms with Gasteiger partial charge in [-0.15, -0.1) is 0 Å². The first-order chi connectivity index (χ1) is 4.83. The van der Waals surface area contributed by atoms with Crippen molar-refractivity contribution in [3.05, 3.63) is 24.3 Å². The molecule has 0 amide bonds. The molecule has 52 valence electrons. The van der Waals surface area contributed by atoms with E-state index >= 15 is 0 Å². The average molecular weight is 141 g/mol. The molecular weight excluding hydrogens is 136 g/mol. The predicted octanol–water partition coefficient (Wildman–Crippen LogP) is -0.313. The predicted molar refractivity (Wildman–Crippen MR) is 34.7 cm³/mol. The van der Waals surface area contributed by atoms with E-state index in [-0.39, 0.29) is 7.48 Å². The van der Waals surface area contributed by atoms with Crippen molar-refractivity contribution in [1.29, 1.82) is 0 Å². The van der Waals surface area contributed by atoms with Gasteiger partial charge in [-0.2, -0.15) is 4.39 Å². The number of pyridine rings is 1. The highest BCUT2D eigenvalue weighted by Gasteiger charge is 1.96. The maximum atomic E-state index is 12.1. The fraction of sp³-hybridized carbons (Fsp3) is 0. The van der Waals surface area contributed by atoms with Gasteiger partial charge in [0.15, 0.2) is 0 Å². The van der Waals surface area contributed by atoms with Crippen LogP contribution in [-0.4, -0.2) is 17.7 Å². The molecule has 1 rings (SSSR count). The van der Waals surface area contributed by atoms with Gasteiger partial charge in [0.2, 0.25) is 5.95 Å². The van der Waals surface area contributed by atoms with Crippen molar-refractivity contribution in [3.63, 3.8) is 0 Å². The van der Waals surface area contributed by atoms with Crippen LogP contribution in [0.15, 0.2) is 18.3 Å². The molecule has 10 heavy (non-hydrogen) atoms. The maximum Gasteiger partial charge on any atom is 0.357 e. The second-order valence-corrected chi connectivity index (χ2v) is 1.76. The van der Waals surface area contributed by atoms with Crippen molar-refractivity contribution in [2.45, 2.75) is 0 Å². The fourth-order valence-electron chi connectivity index (χ4n) is 0.566. The van der Waals surface area contributed by atoms with Crippen molar-refractivity contribution in [1.82, 2.24) is 4.98 Å². The summed E-state index contributed by atoms with van der Waals surface area (Å²) in [5.74, 6) is -0.540. The van der Waals surface area contributed by atoms with Gasteiger partial charge in [-0.3, -0.25) is 5.26 Å². The Morgan fingerprint density at radius 1 is 1.60 bits per heavy atom. The molecule has 0 aliphatic carbocycles. The molecule has 0 bridgehead atoms. The smallest absolute Gasteiger partial charge is 0.306 e. The van der Waals surface area contributed by atoms with Crippen LogP contribution >= 0.6 is 0 Å². The van der Waals surface area contributed by atoms with Gasteiger partial charge in [0.05, 0.1) is 0 Å². The Morgan fingerprint density at radius 2 is 2.40 bits per heavy atom. The van der Waals surface area contributed by atoms with E-state index in [4.69, 9.17) is 5.26 Å². The Balaban J connectivity index is 2.69. The summed E-state index contributed by atoms with van der Waals surface area (Å²) < 4.78 is 12.1. The summed E-state index contributed by atoms with van der Waals surface area (Å²) in [6, 6.07) is 2.69. The Hall–Kier alpha value is -0.935. The molecule has 0 aliphatic heterocycles. The first kappa shape index (κ1) is 7.18. The van der Waals surface area contributed by atoms with Crippen LogP contribution in [0.25, 0.3) is 0 Å². The van der Waals surface area contributed by atoms with E-state index < -0.39 is 5.95 Å². The topological polar surface area (TPSA) is 42.4 Å². The second kappa shape index (κ2) is 3.29. The highest BCUT2D eigenvalue weighted by atomic mass is 19.1. The Bertz CT molecular complexity index is 203. The minimum atomic E-state index is -0.540. The van der Waals surface area contributed by atoms with E-state index in [0.717, 1.165) is 0 Å². The van der Waals surface area contributed by atoms with E-state index in [9.17, 15) is 4.39 Å². The Labute approximate surface area is 57.7 Å². The first-order valence-corrected chi connectivity index (χ1v) is 2.69. The quantitative estimate of drug-likeness (QED) is 0.265. The van der Waals surface area contributed by atoms with Gasteiger partial charge in [0.25, 0.3) is 0 Å². The van der Waals surface area contributed by atoms with Crippen molar-refractivity contribution in [2.24, 2.45) is 0 Å². The summed E-state index contributed by atoms with van der Waals surface area (Å²) in [7, 11) is 0.0350. The molecule has 0 spiro atoms. The summed E-state index contributed by atoms with van der Waals surface area (Å²) in [6.07, 6.45) is 1.30. The molecule has 1 aromatic rings. The standard InChI is InChI=1S/C5H5BFNO2/c7-5-2-1-4(3-8-5)6-10-9/h1-3,6,9H. The lowest BCUT2D eigenvalue weighted by atomic mass is 9.91. The molecule has 1 N–H and O–H groups in total. The van der Waals surface area contributed by atoms with Crippen LogP contribution in [0.2, 0.25) is 0 Å². The van der Waals surface area contributed by atoms with Crippen molar-refractivity contribution < 1.29 is 14.5 Å². The average Bonchev–Trinajstić information content (AvgIpc) is 1.95. The van der Waals surface area contributed by atoms with E-state index in [0.29, 0.717) is 5.46 Å². The minimum absolute atomic E-state index is 0.0350. The molecule has 0 saturated carbocycles. The number of halogens is 1. The van der Waals surface area contributed by atoms with Gasteiger partial charge >= 0.3 is 7.48 Å². The van der Waals surface area contributed by atoms with Crippen LogP contribution in [0.1, 0.15) is 0 Å². The number of hydrogen-bond donors (Lipinski definition) is 1. The van der Waals surface area contributed by atoms with Crippen LogP contribution in [0.3, 0.4) is 0 Å². The molecule has 0 fully saturated rings. The zero-order valence-electron chi connectivity index (χ0n) is 5.12. The van der Waals surface area contributed by atoms with Crippen LogP contribution in [0.5, 0.6) is 0 Å². The van der Waals surface area contributed by atoms with E-state index in [2.05, 4.69) is 9.79 Å². The van der Waals surface area contributed by atoms with Crippen molar-refractivity contribution in [2.75, 3.05) is 0 Å². The van der Waals surface area contributed by atoms with Crippen molar-refractivity contribution >= 4 is 12.9 Å². The minimum Gasteiger partial charge on any atom is -0.306 e. The van der Waals surface area contributed by atoms with E-state index in [1.54, 1.807) is 0 Å². The molecule has 0 unspecified atom stereocenters. The van der Waals surface area contributed by atoms with Crippen LogP contribution in [0, 0.1) is 5.95 Å². The molecule has 1 aromatic heterocycles. The van der Waals surface area contributed by atoms with E-state index in [1.165, 1.54) is 18.3 Å². The third-order valence-corrected chi connectivity index (χ3v) is 1.02. The summed E-state index contributed by atoms with van der Waals surface area (Å²) in [5, 5.41) is 7.97. The number of hydrogen-bond acceptors (Lipinski definition) is 3. The van der Waals surface area contributed by atoms with Gasteiger partial charge in [-0.05, 0) is 11.5 Å². The molecule has 0 aromatic carbocycles. The molecule has 1 heterocycles. The van der Waals surface area contributed by atoms with Crippen LogP contribution < -0.4 is 5.46 Å². The lowest BCUT2D eigenvalue weighted by molar-refractivity contribution is -0.135. The third kappa shape index (κ3) is 1.79. The molecule has 0 radical (unpaired) electrons. The molecule has 3 nitrogen and oxygen atoms in total. The van der Waals surface area contributed by atoms with Crippen molar-refractivity contribution in [3.8, 4) is 0 Å². The van der Waals surface area contributed by atoms with E-state index in [1.807, 2.05) is 0 Å². The normalized spacial score (nSPS) is 9.40. The zero-order valence-corrected chi connectivity index (χ0v) is 5.12. The molecular formula is C5H5BFNO2. The lowest BCUT2D eigenvalue weighted by Gasteiger charge is -1.92. The lowest BCUT2D eigenvalue weighted by Crippen LogP contribution is -2.16. The molecule has 0 aliphatic rings.